The van der Waals surface area contributed by atoms with Crippen molar-refractivity contribution in [3.05, 3.63) is 11.7 Å². The normalized spacial score (nSPS) is 27.3. The van der Waals surface area contributed by atoms with Gasteiger partial charge in [-0.15, -0.1) is 0 Å². The average molecular weight is 331 g/mol. The van der Waals surface area contributed by atoms with Crippen LogP contribution in [-0.2, 0) is 19.5 Å². The summed E-state index contributed by atoms with van der Waals surface area (Å²) in [6.45, 7) is 3.35. The number of aromatic nitrogens is 2. The van der Waals surface area contributed by atoms with Crippen LogP contribution in [0.3, 0.4) is 0 Å². The number of hydrogen-bond acceptors (Lipinski definition) is 7. The summed E-state index contributed by atoms with van der Waals surface area (Å²) in [5.74, 6) is 0.844. The van der Waals surface area contributed by atoms with Crippen molar-refractivity contribution >= 4 is 10.0 Å². The van der Waals surface area contributed by atoms with Crippen LogP contribution >= 0.6 is 0 Å². The molecule has 1 aromatic heterocycles. The summed E-state index contributed by atoms with van der Waals surface area (Å²) in [7, 11) is -3.41. The van der Waals surface area contributed by atoms with Crippen LogP contribution in [0.1, 0.15) is 37.0 Å². The molecule has 2 aliphatic heterocycles. The first-order valence-electron chi connectivity index (χ1n) is 7.55. The van der Waals surface area contributed by atoms with Crippen LogP contribution in [0.15, 0.2) is 4.52 Å². The standard InChI is InChI=1S/C13H21N3O5S/c1-10-14-13(21-15-10)12-9-19-7-5-16(12)22(17,18)8-4-11-3-2-6-20-11/h11-12H,2-9H2,1H3/t11-,12-/m1/s1. The summed E-state index contributed by atoms with van der Waals surface area (Å²) < 4.78 is 42.8. The van der Waals surface area contributed by atoms with Gasteiger partial charge in [0.1, 0.15) is 6.04 Å². The number of hydrogen-bond donors (Lipinski definition) is 0. The zero-order valence-corrected chi connectivity index (χ0v) is 13.4. The Morgan fingerprint density at radius 2 is 2.23 bits per heavy atom. The lowest BCUT2D eigenvalue weighted by Gasteiger charge is -2.32. The number of ether oxygens (including phenoxy) is 2. The molecule has 0 spiro atoms. The lowest BCUT2D eigenvalue weighted by atomic mass is 10.2. The molecule has 2 aliphatic rings. The minimum absolute atomic E-state index is 0.0555. The smallest absolute Gasteiger partial charge is 0.247 e. The lowest BCUT2D eigenvalue weighted by molar-refractivity contribution is 0.0201. The maximum Gasteiger partial charge on any atom is 0.247 e. The minimum atomic E-state index is -3.41. The SMILES string of the molecule is Cc1noc([C@H]2COCCN2S(=O)(=O)CC[C@H]2CCCO2)n1. The van der Waals surface area contributed by atoms with Crippen LogP contribution in [0.5, 0.6) is 0 Å². The first-order valence-corrected chi connectivity index (χ1v) is 9.16. The van der Waals surface area contributed by atoms with Crippen molar-refractivity contribution in [2.75, 3.05) is 32.1 Å². The molecule has 9 heteroatoms. The van der Waals surface area contributed by atoms with Crippen molar-refractivity contribution in [1.82, 2.24) is 14.4 Å². The molecule has 1 aromatic rings. The van der Waals surface area contributed by atoms with Crippen LogP contribution in [0, 0.1) is 6.92 Å². The molecule has 0 aliphatic carbocycles. The summed E-state index contributed by atoms with van der Waals surface area (Å²) in [4.78, 5) is 4.15. The Morgan fingerprint density at radius 3 is 2.91 bits per heavy atom. The Morgan fingerprint density at radius 1 is 1.36 bits per heavy atom. The Hall–Kier alpha value is -1.03. The second-order valence-corrected chi connectivity index (χ2v) is 7.66. The molecule has 8 nitrogen and oxygen atoms in total. The molecule has 2 saturated heterocycles. The highest BCUT2D eigenvalue weighted by Crippen LogP contribution is 2.27. The van der Waals surface area contributed by atoms with Crippen LogP contribution < -0.4 is 0 Å². The van der Waals surface area contributed by atoms with Gasteiger partial charge in [-0.2, -0.15) is 9.29 Å². The fourth-order valence-electron chi connectivity index (χ4n) is 2.83. The van der Waals surface area contributed by atoms with Crippen LogP contribution in [0.25, 0.3) is 0 Å². The van der Waals surface area contributed by atoms with Gasteiger partial charge < -0.3 is 14.0 Å². The van der Waals surface area contributed by atoms with Crippen LogP contribution in [-0.4, -0.2) is 61.1 Å². The van der Waals surface area contributed by atoms with Crippen molar-refractivity contribution in [3.63, 3.8) is 0 Å². The van der Waals surface area contributed by atoms with Crippen LogP contribution in [0.2, 0.25) is 0 Å². The van der Waals surface area contributed by atoms with E-state index >= 15 is 0 Å². The molecule has 0 N–H and O–H groups in total. The lowest BCUT2D eigenvalue weighted by Crippen LogP contribution is -2.44. The number of nitrogens with zero attached hydrogens (tertiary/aromatic N) is 3. The summed E-state index contributed by atoms with van der Waals surface area (Å²) in [5.41, 5.74) is 0. The Balaban J connectivity index is 1.71. The van der Waals surface area contributed by atoms with Crippen molar-refractivity contribution in [2.24, 2.45) is 0 Å². The van der Waals surface area contributed by atoms with Gasteiger partial charge in [0.2, 0.25) is 15.9 Å². The van der Waals surface area contributed by atoms with Gasteiger partial charge >= 0.3 is 0 Å². The third kappa shape index (κ3) is 3.48. The van der Waals surface area contributed by atoms with E-state index in [1.54, 1.807) is 6.92 Å². The number of morpholine rings is 1. The molecule has 0 bridgehead atoms. The van der Waals surface area contributed by atoms with Crippen molar-refractivity contribution in [2.45, 2.75) is 38.3 Å². The molecule has 0 saturated carbocycles. The predicted molar refractivity (Wildman–Crippen MR) is 76.7 cm³/mol. The van der Waals surface area contributed by atoms with Gasteiger partial charge in [-0.3, -0.25) is 0 Å². The molecule has 0 amide bonds. The van der Waals surface area contributed by atoms with E-state index in [0.717, 1.165) is 19.4 Å². The van der Waals surface area contributed by atoms with Gasteiger partial charge in [-0.05, 0) is 26.2 Å². The van der Waals surface area contributed by atoms with E-state index in [2.05, 4.69) is 10.1 Å². The summed E-state index contributed by atoms with van der Waals surface area (Å²) in [6, 6.07) is -0.538. The fourth-order valence-corrected chi connectivity index (χ4v) is 4.52. The van der Waals surface area contributed by atoms with Gasteiger partial charge in [0.15, 0.2) is 5.82 Å². The van der Waals surface area contributed by atoms with Crippen molar-refractivity contribution in [3.8, 4) is 0 Å². The summed E-state index contributed by atoms with van der Waals surface area (Å²) in [5, 5.41) is 3.73. The molecule has 22 heavy (non-hydrogen) atoms. The van der Waals surface area contributed by atoms with Crippen molar-refractivity contribution < 1.29 is 22.4 Å². The Kier molecular flexibility index (Phi) is 4.76. The van der Waals surface area contributed by atoms with E-state index in [9.17, 15) is 8.42 Å². The Labute approximate surface area is 129 Å². The van der Waals surface area contributed by atoms with Gasteiger partial charge in [0.05, 0.1) is 25.1 Å². The van der Waals surface area contributed by atoms with E-state index in [0.29, 0.717) is 25.4 Å². The summed E-state index contributed by atoms with van der Waals surface area (Å²) >= 11 is 0. The monoisotopic (exact) mass is 331 g/mol. The molecule has 3 heterocycles. The zero-order valence-electron chi connectivity index (χ0n) is 12.6. The molecule has 0 radical (unpaired) electrons. The number of aryl methyl sites for hydroxylation is 1. The van der Waals surface area contributed by atoms with Gasteiger partial charge in [0.25, 0.3) is 0 Å². The average Bonchev–Trinajstić information content (AvgIpc) is 3.17. The first-order chi connectivity index (χ1) is 10.6. The topological polar surface area (TPSA) is 94.8 Å². The highest BCUT2D eigenvalue weighted by Gasteiger charge is 2.37. The zero-order chi connectivity index (χ0) is 15.6. The predicted octanol–water partition coefficient (Wildman–Crippen LogP) is 0.650. The van der Waals surface area contributed by atoms with Gasteiger partial charge in [0, 0.05) is 13.2 Å². The maximum atomic E-state index is 12.7. The van der Waals surface area contributed by atoms with Gasteiger partial charge in [-0.25, -0.2) is 8.42 Å². The molecular formula is C13H21N3O5S. The van der Waals surface area contributed by atoms with Crippen LogP contribution in [0.4, 0.5) is 0 Å². The first kappa shape index (κ1) is 15.9. The Bertz CT molecular complexity index is 597. The maximum absolute atomic E-state index is 12.7. The van der Waals surface area contributed by atoms with E-state index in [4.69, 9.17) is 14.0 Å². The largest absolute Gasteiger partial charge is 0.378 e. The minimum Gasteiger partial charge on any atom is -0.378 e. The molecule has 0 aromatic carbocycles. The van der Waals surface area contributed by atoms with E-state index < -0.39 is 16.1 Å². The third-order valence-corrected chi connectivity index (χ3v) is 5.89. The van der Waals surface area contributed by atoms with E-state index in [1.165, 1.54) is 4.31 Å². The highest BCUT2D eigenvalue weighted by atomic mass is 32.2. The second-order valence-electron chi connectivity index (χ2n) is 5.62. The molecule has 2 fully saturated rings. The molecule has 3 rings (SSSR count). The fraction of sp³-hybridized carbons (Fsp3) is 0.846. The van der Waals surface area contributed by atoms with Crippen molar-refractivity contribution in [1.29, 1.82) is 0 Å². The third-order valence-electron chi connectivity index (χ3n) is 3.99. The summed E-state index contributed by atoms with van der Waals surface area (Å²) in [6.07, 6.45) is 2.52. The number of rotatable bonds is 5. The van der Waals surface area contributed by atoms with E-state index in [-0.39, 0.29) is 24.4 Å². The molecule has 2 atom stereocenters. The molecule has 124 valence electrons. The number of sulfonamides is 1. The highest BCUT2D eigenvalue weighted by molar-refractivity contribution is 7.89. The molecule has 0 unspecified atom stereocenters. The second kappa shape index (κ2) is 6.61. The van der Waals surface area contributed by atoms with E-state index in [1.807, 2.05) is 0 Å². The quantitative estimate of drug-likeness (QED) is 0.781. The van der Waals surface area contributed by atoms with Gasteiger partial charge in [-0.1, -0.05) is 5.16 Å². The molecular weight excluding hydrogens is 310 g/mol.